The molecule has 3 rings (SSSR count). The van der Waals surface area contributed by atoms with Gasteiger partial charge in [-0.05, 0) is 6.42 Å². The molecular weight excluding hydrogens is 234 g/mol. The van der Waals surface area contributed by atoms with Crippen LogP contribution in [0.2, 0.25) is 0 Å². The summed E-state index contributed by atoms with van der Waals surface area (Å²) in [7, 11) is 0. The average Bonchev–Trinajstić information content (AvgIpc) is 2.90. The van der Waals surface area contributed by atoms with Crippen LogP contribution in [0.4, 0.5) is 0 Å². The van der Waals surface area contributed by atoms with Gasteiger partial charge in [-0.1, -0.05) is 50.1 Å². The minimum atomic E-state index is 0.422. The van der Waals surface area contributed by atoms with Gasteiger partial charge in [-0.25, -0.2) is 4.98 Å². The molecule has 19 heavy (non-hydrogen) atoms. The van der Waals surface area contributed by atoms with E-state index in [1.807, 2.05) is 6.07 Å². The van der Waals surface area contributed by atoms with Crippen LogP contribution in [0.5, 0.6) is 0 Å². The molecule has 1 aromatic carbocycles. The first-order valence-corrected chi connectivity index (χ1v) is 7.24. The van der Waals surface area contributed by atoms with Crippen molar-refractivity contribution in [2.75, 3.05) is 6.54 Å². The van der Waals surface area contributed by atoms with E-state index in [4.69, 9.17) is 4.98 Å². The standard InChI is InChI=1S/C16H21N3/c1-2-3-9-14-16-18-15(12-19(16)11-10-17-14)13-7-5-4-6-8-13/h4-8,12,14,17H,2-3,9-11H2,1H3/t14-/m0/s1. The summed E-state index contributed by atoms with van der Waals surface area (Å²) in [6.45, 7) is 4.31. The van der Waals surface area contributed by atoms with E-state index in [2.05, 4.69) is 47.3 Å². The smallest absolute Gasteiger partial charge is 0.126 e. The predicted molar refractivity (Wildman–Crippen MR) is 77.9 cm³/mol. The van der Waals surface area contributed by atoms with Crippen molar-refractivity contribution >= 4 is 0 Å². The molecule has 0 amide bonds. The highest BCUT2D eigenvalue weighted by atomic mass is 15.2. The molecule has 2 aromatic rings. The van der Waals surface area contributed by atoms with E-state index in [9.17, 15) is 0 Å². The Morgan fingerprint density at radius 2 is 2.16 bits per heavy atom. The van der Waals surface area contributed by atoms with Crippen molar-refractivity contribution < 1.29 is 0 Å². The van der Waals surface area contributed by atoms with Crippen LogP contribution in [0.3, 0.4) is 0 Å². The van der Waals surface area contributed by atoms with Crippen LogP contribution in [0.25, 0.3) is 11.3 Å². The third kappa shape index (κ3) is 2.56. The third-order valence-electron chi connectivity index (χ3n) is 3.78. The van der Waals surface area contributed by atoms with Crippen LogP contribution in [0, 0.1) is 0 Å². The summed E-state index contributed by atoms with van der Waals surface area (Å²) in [5.74, 6) is 1.21. The Kier molecular flexibility index (Phi) is 3.65. The molecule has 3 heteroatoms. The lowest BCUT2D eigenvalue weighted by Crippen LogP contribution is -2.33. The number of fused-ring (bicyclic) bond motifs is 1. The van der Waals surface area contributed by atoms with E-state index in [-0.39, 0.29) is 0 Å². The van der Waals surface area contributed by atoms with Crippen LogP contribution >= 0.6 is 0 Å². The van der Waals surface area contributed by atoms with E-state index in [0.29, 0.717) is 6.04 Å². The summed E-state index contributed by atoms with van der Waals surface area (Å²) in [5, 5.41) is 3.59. The van der Waals surface area contributed by atoms with Crippen molar-refractivity contribution in [3.63, 3.8) is 0 Å². The molecule has 0 saturated heterocycles. The minimum absolute atomic E-state index is 0.422. The van der Waals surface area contributed by atoms with Crippen LogP contribution in [0.1, 0.15) is 38.1 Å². The summed E-state index contributed by atoms with van der Waals surface area (Å²) in [5.41, 5.74) is 2.31. The van der Waals surface area contributed by atoms with Crippen LogP contribution < -0.4 is 5.32 Å². The number of nitrogens with zero attached hydrogens (tertiary/aromatic N) is 2. The molecule has 0 radical (unpaired) electrons. The largest absolute Gasteiger partial charge is 0.332 e. The minimum Gasteiger partial charge on any atom is -0.332 e. The second kappa shape index (κ2) is 5.57. The second-order valence-electron chi connectivity index (χ2n) is 5.19. The number of hydrogen-bond donors (Lipinski definition) is 1. The summed E-state index contributed by atoms with van der Waals surface area (Å²) in [4.78, 5) is 4.86. The molecule has 1 atom stereocenters. The number of nitrogens with one attached hydrogen (secondary N) is 1. The zero-order chi connectivity index (χ0) is 13.1. The van der Waals surface area contributed by atoms with Crippen molar-refractivity contribution in [1.29, 1.82) is 0 Å². The number of rotatable bonds is 4. The number of imidazole rings is 1. The third-order valence-corrected chi connectivity index (χ3v) is 3.78. The second-order valence-corrected chi connectivity index (χ2v) is 5.19. The Morgan fingerprint density at radius 1 is 1.32 bits per heavy atom. The van der Waals surface area contributed by atoms with Crippen LogP contribution in [-0.2, 0) is 6.54 Å². The molecule has 0 bridgehead atoms. The SMILES string of the molecule is CCCC[C@@H]1NCCn2cc(-c3ccccc3)nc21. The molecule has 0 saturated carbocycles. The van der Waals surface area contributed by atoms with Gasteiger partial charge in [-0.2, -0.15) is 0 Å². The van der Waals surface area contributed by atoms with Gasteiger partial charge in [0.2, 0.25) is 0 Å². The van der Waals surface area contributed by atoms with Gasteiger partial charge in [0.15, 0.2) is 0 Å². The molecule has 0 spiro atoms. The first kappa shape index (κ1) is 12.4. The maximum Gasteiger partial charge on any atom is 0.126 e. The van der Waals surface area contributed by atoms with E-state index in [0.717, 1.165) is 18.8 Å². The Morgan fingerprint density at radius 3 is 2.95 bits per heavy atom. The molecular formula is C16H21N3. The lowest BCUT2D eigenvalue weighted by Gasteiger charge is -2.24. The monoisotopic (exact) mass is 255 g/mol. The van der Waals surface area contributed by atoms with E-state index >= 15 is 0 Å². The molecule has 1 N–H and O–H groups in total. The summed E-state index contributed by atoms with van der Waals surface area (Å²) >= 11 is 0. The zero-order valence-electron chi connectivity index (χ0n) is 11.5. The van der Waals surface area contributed by atoms with Crippen molar-refractivity contribution in [3.05, 3.63) is 42.4 Å². The van der Waals surface area contributed by atoms with Gasteiger partial charge in [-0.15, -0.1) is 0 Å². The quantitative estimate of drug-likeness (QED) is 0.907. The lowest BCUT2D eigenvalue weighted by atomic mass is 10.1. The number of aromatic nitrogens is 2. The van der Waals surface area contributed by atoms with Gasteiger partial charge in [-0.3, -0.25) is 0 Å². The summed E-state index contributed by atoms with van der Waals surface area (Å²) in [6.07, 6.45) is 5.88. The van der Waals surface area contributed by atoms with Gasteiger partial charge < -0.3 is 9.88 Å². The first-order valence-electron chi connectivity index (χ1n) is 7.24. The average molecular weight is 255 g/mol. The fraction of sp³-hybridized carbons (Fsp3) is 0.438. The Bertz CT molecular complexity index is 530. The number of benzene rings is 1. The van der Waals surface area contributed by atoms with Gasteiger partial charge >= 0.3 is 0 Å². The molecule has 1 aliphatic heterocycles. The molecule has 3 nitrogen and oxygen atoms in total. The predicted octanol–water partition coefficient (Wildman–Crippen LogP) is 3.38. The van der Waals surface area contributed by atoms with Crippen molar-refractivity contribution in [1.82, 2.24) is 14.9 Å². The van der Waals surface area contributed by atoms with Crippen molar-refractivity contribution in [3.8, 4) is 11.3 Å². The van der Waals surface area contributed by atoms with Gasteiger partial charge in [0.1, 0.15) is 5.82 Å². The molecule has 1 aromatic heterocycles. The highest BCUT2D eigenvalue weighted by molar-refractivity contribution is 5.58. The Hall–Kier alpha value is -1.61. The zero-order valence-corrected chi connectivity index (χ0v) is 11.5. The van der Waals surface area contributed by atoms with E-state index in [1.54, 1.807) is 0 Å². The molecule has 0 unspecified atom stereocenters. The normalized spacial score (nSPS) is 18.3. The van der Waals surface area contributed by atoms with Gasteiger partial charge in [0.25, 0.3) is 0 Å². The molecule has 0 fully saturated rings. The number of hydrogen-bond acceptors (Lipinski definition) is 2. The highest BCUT2D eigenvalue weighted by Crippen LogP contribution is 2.26. The van der Waals surface area contributed by atoms with Gasteiger partial charge in [0.05, 0.1) is 11.7 Å². The van der Waals surface area contributed by atoms with Crippen LogP contribution in [0.15, 0.2) is 36.5 Å². The van der Waals surface area contributed by atoms with Gasteiger partial charge in [0, 0.05) is 24.8 Å². The summed E-state index contributed by atoms with van der Waals surface area (Å²) in [6, 6.07) is 10.9. The van der Waals surface area contributed by atoms with E-state index in [1.165, 1.54) is 30.7 Å². The summed E-state index contributed by atoms with van der Waals surface area (Å²) < 4.78 is 2.32. The molecule has 0 aliphatic carbocycles. The number of unbranched alkanes of at least 4 members (excludes halogenated alkanes) is 1. The fourth-order valence-electron chi connectivity index (χ4n) is 2.73. The lowest BCUT2D eigenvalue weighted by molar-refractivity contribution is 0.387. The maximum atomic E-state index is 4.86. The maximum absolute atomic E-state index is 4.86. The molecule has 100 valence electrons. The Labute approximate surface area is 114 Å². The van der Waals surface area contributed by atoms with Crippen LogP contribution in [-0.4, -0.2) is 16.1 Å². The molecule has 1 aliphatic rings. The molecule has 2 heterocycles. The van der Waals surface area contributed by atoms with Crippen molar-refractivity contribution in [2.45, 2.75) is 38.8 Å². The topological polar surface area (TPSA) is 29.9 Å². The highest BCUT2D eigenvalue weighted by Gasteiger charge is 2.22. The first-order chi connectivity index (χ1) is 9.38. The Balaban J connectivity index is 1.89. The fourth-order valence-corrected chi connectivity index (χ4v) is 2.73. The van der Waals surface area contributed by atoms with Crippen molar-refractivity contribution in [2.24, 2.45) is 0 Å². The van der Waals surface area contributed by atoms with E-state index < -0.39 is 0 Å².